The van der Waals surface area contributed by atoms with Crippen molar-refractivity contribution in [1.82, 2.24) is 14.3 Å². The lowest BCUT2D eigenvalue weighted by atomic mass is 10.3. The lowest BCUT2D eigenvalue weighted by molar-refractivity contribution is 0.0730. The summed E-state index contributed by atoms with van der Waals surface area (Å²) in [4.78, 5) is 7.89. The first-order chi connectivity index (χ1) is 11.5. The summed E-state index contributed by atoms with van der Waals surface area (Å²) >= 11 is 11.8. The third-order valence-electron chi connectivity index (χ3n) is 3.44. The van der Waals surface area contributed by atoms with E-state index in [1.165, 1.54) is 16.6 Å². The maximum absolute atomic E-state index is 12.9. The minimum atomic E-state index is -3.66. The molecule has 3 rings (SSSR count). The van der Waals surface area contributed by atoms with Crippen LogP contribution in [0.2, 0.25) is 10.3 Å². The lowest BCUT2D eigenvalue weighted by Crippen LogP contribution is -2.40. The molecule has 1 saturated heterocycles. The molecule has 0 amide bonds. The Balaban J connectivity index is 1.97. The monoisotopic (exact) mass is 388 g/mol. The Morgan fingerprint density at radius 1 is 1.17 bits per heavy atom. The van der Waals surface area contributed by atoms with Crippen molar-refractivity contribution in [2.75, 3.05) is 31.6 Å². The fourth-order valence-electron chi connectivity index (χ4n) is 2.28. The summed E-state index contributed by atoms with van der Waals surface area (Å²) in [5.74, 6) is 0.237. The van der Waals surface area contributed by atoms with Crippen molar-refractivity contribution in [3.8, 4) is 0 Å². The van der Waals surface area contributed by atoms with Crippen molar-refractivity contribution in [3.63, 3.8) is 0 Å². The van der Waals surface area contributed by atoms with Gasteiger partial charge in [-0.25, -0.2) is 13.4 Å². The molecule has 128 valence electrons. The van der Waals surface area contributed by atoms with Crippen LogP contribution in [0.4, 0.5) is 11.5 Å². The molecule has 1 aromatic heterocycles. The Bertz CT molecular complexity index is 842. The van der Waals surface area contributed by atoms with Gasteiger partial charge in [-0.3, -0.25) is 0 Å². The maximum atomic E-state index is 12.9. The van der Waals surface area contributed by atoms with Gasteiger partial charge in [-0.05, 0) is 23.7 Å². The molecule has 1 N–H and O–H groups in total. The van der Waals surface area contributed by atoms with Crippen molar-refractivity contribution in [1.29, 1.82) is 0 Å². The zero-order chi connectivity index (χ0) is 17.2. The second-order valence-corrected chi connectivity index (χ2v) is 7.62. The van der Waals surface area contributed by atoms with Crippen LogP contribution in [0.1, 0.15) is 0 Å². The Hall–Kier alpha value is -1.45. The van der Waals surface area contributed by atoms with Crippen LogP contribution >= 0.6 is 23.2 Å². The molecular weight excluding hydrogens is 375 g/mol. The molecule has 0 radical (unpaired) electrons. The van der Waals surface area contributed by atoms with Crippen molar-refractivity contribution >= 4 is 44.7 Å². The summed E-state index contributed by atoms with van der Waals surface area (Å²) in [5.41, 5.74) is 0.362. The number of anilines is 2. The first kappa shape index (κ1) is 17.4. The van der Waals surface area contributed by atoms with Gasteiger partial charge >= 0.3 is 0 Å². The van der Waals surface area contributed by atoms with Gasteiger partial charge in [0.2, 0.25) is 15.3 Å². The van der Waals surface area contributed by atoms with Crippen molar-refractivity contribution in [3.05, 3.63) is 40.8 Å². The van der Waals surface area contributed by atoms with E-state index in [1.807, 2.05) is 0 Å². The van der Waals surface area contributed by atoms with E-state index in [0.29, 0.717) is 32.0 Å². The molecular formula is C14H14Cl2N4O3S. The topological polar surface area (TPSA) is 84.4 Å². The SMILES string of the molecule is O=S(=O)(c1ccccc1Nc1nc(Cl)ncc1Cl)N1CCOCC1. The third kappa shape index (κ3) is 3.62. The highest BCUT2D eigenvalue weighted by Crippen LogP contribution is 2.30. The first-order valence-corrected chi connectivity index (χ1v) is 9.30. The van der Waals surface area contributed by atoms with E-state index in [2.05, 4.69) is 15.3 Å². The Morgan fingerprint density at radius 3 is 2.62 bits per heavy atom. The first-order valence-electron chi connectivity index (χ1n) is 7.10. The molecule has 1 fully saturated rings. The van der Waals surface area contributed by atoms with Crippen LogP contribution in [0, 0.1) is 0 Å². The van der Waals surface area contributed by atoms with Gasteiger partial charge < -0.3 is 10.1 Å². The normalized spacial score (nSPS) is 16.1. The molecule has 0 bridgehead atoms. The summed E-state index contributed by atoms with van der Waals surface area (Å²) in [5, 5.41) is 3.17. The summed E-state index contributed by atoms with van der Waals surface area (Å²) in [6.45, 7) is 1.39. The third-order valence-corrected chi connectivity index (χ3v) is 5.86. The maximum Gasteiger partial charge on any atom is 0.245 e. The fraction of sp³-hybridized carbons (Fsp3) is 0.286. The second-order valence-electron chi connectivity index (χ2n) is 4.97. The molecule has 2 heterocycles. The zero-order valence-electron chi connectivity index (χ0n) is 12.4. The molecule has 0 saturated carbocycles. The van der Waals surface area contributed by atoms with Crippen LogP contribution < -0.4 is 5.32 Å². The molecule has 0 spiro atoms. The highest BCUT2D eigenvalue weighted by Gasteiger charge is 2.28. The van der Waals surface area contributed by atoms with Crippen molar-refractivity contribution in [2.24, 2.45) is 0 Å². The number of ether oxygens (including phenoxy) is 1. The summed E-state index contributed by atoms with van der Waals surface area (Å²) in [7, 11) is -3.66. The van der Waals surface area contributed by atoms with E-state index in [-0.39, 0.29) is 21.0 Å². The molecule has 0 aliphatic carbocycles. The van der Waals surface area contributed by atoms with Crippen LogP contribution in [0.5, 0.6) is 0 Å². The second kappa shape index (κ2) is 7.20. The standard InChI is InChI=1S/C14H14Cl2N4O3S/c15-10-9-17-14(16)19-13(10)18-11-3-1-2-4-12(11)24(21,22)20-5-7-23-8-6-20/h1-4,9H,5-8H2,(H,17,18,19). The smallest absolute Gasteiger partial charge is 0.245 e. The average molecular weight is 389 g/mol. The van der Waals surface area contributed by atoms with Crippen LogP contribution in [-0.2, 0) is 14.8 Å². The Kier molecular flexibility index (Phi) is 5.21. The van der Waals surface area contributed by atoms with E-state index in [1.54, 1.807) is 18.2 Å². The van der Waals surface area contributed by atoms with E-state index in [0.717, 1.165) is 0 Å². The van der Waals surface area contributed by atoms with Gasteiger partial charge in [0.05, 0.1) is 25.1 Å². The molecule has 2 aromatic rings. The van der Waals surface area contributed by atoms with Gasteiger partial charge in [-0.2, -0.15) is 9.29 Å². The van der Waals surface area contributed by atoms with Gasteiger partial charge in [0, 0.05) is 13.1 Å². The zero-order valence-corrected chi connectivity index (χ0v) is 14.8. The molecule has 10 heteroatoms. The quantitative estimate of drug-likeness (QED) is 0.810. The fourth-order valence-corrected chi connectivity index (χ4v) is 4.11. The van der Waals surface area contributed by atoms with Gasteiger partial charge in [0.1, 0.15) is 9.92 Å². The molecule has 24 heavy (non-hydrogen) atoms. The highest BCUT2D eigenvalue weighted by molar-refractivity contribution is 7.89. The van der Waals surface area contributed by atoms with Crippen LogP contribution in [-0.4, -0.2) is 49.0 Å². The van der Waals surface area contributed by atoms with Gasteiger partial charge in [-0.1, -0.05) is 23.7 Å². The number of morpholine rings is 1. The largest absolute Gasteiger partial charge is 0.379 e. The predicted molar refractivity (Wildman–Crippen MR) is 91.4 cm³/mol. The number of nitrogens with one attached hydrogen (secondary N) is 1. The van der Waals surface area contributed by atoms with Crippen LogP contribution in [0.15, 0.2) is 35.4 Å². The Labute approximate surface area is 149 Å². The summed E-state index contributed by atoms with van der Waals surface area (Å²) < 4.78 is 32.4. The van der Waals surface area contributed by atoms with Gasteiger partial charge in [-0.15, -0.1) is 0 Å². The highest BCUT2D eigenvalue weighted by atomic mass is 35.5. The van der Waals surface area contributed by atoms with E-state index < -0.39 is 10.0 Å². The van der Waals surface area contributed by atoms with Crippen molar-refractivity contribution < 1.29 is 13.2 Å². The molecule has 1 aliphatic rings. The number of hydrogen-bond donors (Lipinski definition) is 1. The van der Waals surface area contributed by atoms with Crippen LogP contribution in [0.25, 0.3) is 0 Å². The Morgan fingerprint density at radius 2 is 1.88 bits per heavy atom. The lowest BCUT2D eigenvalue weighted by Gasteiger charge is -2.27. The number of nitrogens with zero attached hydrogens (tertiary/aromatic N) is 3. The van der Waals surface area contributed by atoms with E-state index in [4.69, 9.17) is 27.9 Å². The number of rotatable bonds is 4. The van der Waals surface area contributed by atoms with Crippen LogP contribution in [0.3, 0.4) is 0 Å². The number of para-hydroxylation sites is 1. The predicted octanol–water partition coefficient (Wildman–Crippen LogP) is 2.55. The molecule has 0 atom stereocenters. The number of hydrogen-bond acceptors (Lipinski definition) is 6. The number of halogens is 2. The molecule has 1 aliphatic heterocycles. The molecule has 7 nitrogen and oxygen atoms in total. The summed E-state index contributed by atoms with van der Waals surface area (Å²) in [6, 6.07) is 6.55. The van der Waals surface area contributed by atoms with E-state index >= 15 is 0 Å². The van der Waals surface area contributed by atoms with Crippen molar-refractivity contribution in [2.45, 2.75) is 4.90 Å². The minimum Gasteiger partial charge on any atom is -0.379 e. The number of aromatic nitrogens is 2. The van der Waals surface area contributed by atoms with E-state index in [9.17, 15) is 8.42 Å². The van der Waals surface area contributed by atoms with Gasteiger partial charge in [0.25, 0.3) is 0 Å². The molecule has 1 aromatic carbocycles. The van der Waals surface area contributed by atoms with Gasteiger partial charge in [0.15, 0.2) is 5.82 Å². The average Bonchev–Trinajstić information content (AvgIpc) is 2.59. The number of benzene rings is 1. The summed E-state index contributed by atoms with van der Waals surface area (Å²) in [6.07, 6.45) is 1.35. The minimum absolute atomic E-state index is 0.00965. The number of sulfonamides is 1. The molecule has 0 unspecified atom stereocenters.